The van der Waals surface area contributed by atoms with E-state index in [4.69, 9.17) is 19.2 Å². The van der Waals surface area contributed by atoms with E-state index in [0.29, 0.717) is 63.5 Å². The molecular weight excluding hydrogens is 524 g/mol. The Morgan fingerprint density at radius 1 is 0.927 bits per heavy atom. The van der Waals surface area contributed by atoms with Crippen LogP contribution in [0.5, 0.6) is 17.4 Å². The molecule has 2 heterocycles. The van der Waals surface area contributed by atoms with E-state index < -0.39 is 5.97 Å². The van der Waals surface area contributed by atoms with E-state index in [1.807, 2.05) is 49.3 Å². The molecule has 210 valence electrons. The second kappa shape index (κ2) is 11.6. The molecule has 0 spiro atoms. The van der Waals surface area contributed by atoms with Crippen molar-refractivity contribution in [1.82, 2.24) is 9.88 Å². The molecule has 1 amide bonds. The molecule has 0 bridgehead atoms. The van der Waals surface area contributed by atoms with Crippen molar-refractivity contribution in [1.29, 1.82) is 0 Å². The summed E-state index contributed by atoms with van der Waals surface area (Å²) in [6.45, 7) is 0.662. The van der Waals surface area contributed by atoms with Gasteiger partial charge >= 0.3 is 5.97 Å². The Kier molecular flexibility index (Phi) is 7.75. The number of anilines is 1. The van der Waals surface area contributed by atoms with Crippen molar-refractivity contribution in [2.45, 2.75) is 6.42 Å². The predicted molar refractivity (Wildman–Crippen MR) is 156 cm³/mol. The lowest BCUT2D eigenvalue weighted by Gasteiger charge is -2.19. The number of fused-ring (bicyclic) bond motifs is 2. The molecule has 5 rings (SSSR count). The highest BCUT2D eigenvalue weighted by atomic mass is 16.5. The number of H-pyrrole nitrogens is 1. The Morgan fingerprint density at radius 3 is 2.34 bits per heavy atom. The molecular formula is C31H30N4O6. The van der Waals surface area contributed by atoms with Gasteiger partial charge in [0, 0.05) is 42.2 Å². The zero-order valence-electron chi connectivity index (χ0n) is 23.2. The number of ether oxygens (including phenoxy) is 3. The average Bonchev–Trinajstić information content (AvgIpc) is 3.32. The maximum absolute atomic E-state index is 12.6. The van der Waals surface area contributed by atoms with Gasteiger partial charge in [0.25, 0.3) is 0 Å². The Morgan fingerprint density at radius 2 is 1.63 bits per heavy atom. The number of hydrogen-bond donors (Lipinski definition) is 2. The van der Waals surface area contributed by atoms with Crippen molar-refractivity contribution in [3.63, 3.8) is 0 Å². The highest BCUT2D eigenvalue weighted by Crippen LogP contribution is 2.36. The molecule has 0 unspecified atom stereocenters. The smallest absolute Gasteiger partial charge is 0.337 e. The molecule has 0 atom stereocenters. The zero-order chi connectivity index (χ0) is 29.1. The van der Waals surface area contributed by atoms with E-state index in [1.54, 1.807) is 42.3 Å². The topological polar surface area (TPSA) is 117 Å². The van der Waals surface area contributed by atoms with Gasteiger partial charge in [0.2, 0.25) is 5.91 Å². The van der Waals surface area contributed by atoms with E-state index in [-0.39, 0.29) is 11.8 Å². The molecule has 0 fully saturated rings. The minimum Gasteiger partial charge on any atom is -0.494 e. The largest absolute Gasteiger partial charge is 0.494 e. The highest BCUT2D eigenvalue weighted by molar-refractivity contribution is 6.22. The summed E-state index contributed by atoms with van der Waals surface area (Å²) < 4.78 is 16.0. The van der Waals surface area contributed by atoms with Crippen LogP contribution in [0.3, 0.4) is 0 Å². The number of aromatic hydroxyl groups is 1. The molecule has 2 N–H and O–H groups in total. The summed E-state index contributed by atoms with van der Waals surface area (Å²) in [5, 5.41) is 11.7. The number of aromatic nitrogens is 1. The molecule has 0 radical (unpaired) electrons. The van der Waals surface area contributed by atoms with Crippen LogP contribution in [-0.2, 0) is 9.53 Å². The van der Waals surface area contributed by atoms with Gasteiger partial charge in [-0.15, -0.1) is 0 Å². The number of nitrogens with zero attached hydrogens (tertiary/aromatic N) is 3. The standard InChI is InChI=1S/C31H30N4O6/c1-34(2)14-13-27(36)35(3)22-9-7-21(8-10-22)32-29(19-6-12-25-26(18-19)41-16-15-40-25)28-23-11-5-20(31(38)39-4)17-24(23)33-30(28)37/h5-12,15-18,33,37H,13-14H2,1-4H3. The van der Waals surface area contributed by atoms with Crippen LogP contribution in [0, 0.1) is 0 Å². The fraction of sp³-hybridized carbons (Fsp3) is 0.194. The van der Waals surface area contributed by atoms with E-state index in [1.165, 1.54) is 19.6 Å². The average molecular weight is 555 g/mol. The van der Waals surface area contributed by atoms with Crippen molar-refractivity contribution in [2.24, 2.45) is 4.99 Å². The highest BCUT2D eigenvalue weighted by Gasteiger charge is 2.22. The molecule has 1 aliphatic rings. The zero-order valence-corrected chi connectivity index (χ0v) is 23.2. The minimum absolute atomic E-state index is 0.0102. The van der Waals surface area contributed by atoms with Crippen LogP contribution in [0.15, 0.2) is 78.2 Å². The van der Waals surface area contributed by atoms with Gasteiger partial charge in [0.05, 0.1) is 29.6 Å². The van der Waals surface area contributed by atoms with Crippen LogP contribution in [0.1, 0.15) is 27.9 Å². The summed E-state index contributed by atoms with van der Waals surface area (Å²) in [7, 11) is 6.92. The monoisotopic (exact) mass is 554 g/mol. The van der Waals surface area contributed by atoms with Crippen LogP contribution in [-0.4, -0.2) is 67.4 Å². The number of esters is 1. The van der Waals surface area contributed by atoms with Crippen LogP contribution in [0.2, 0.25) is 0 Å². The van der Waals surface area contributed by atoms with Gasteiger partial charge < -0.3 is 34.1 Å². The molecule has 10 heteroatoms. The summed E-state index contributed by atoms with van der Waals surface area (Å²) in [6.07, 6.45) is 3.30. The van der Waals surface area contributed by atoms with Crippen molar-refractivity contribution in [3.05, 3.63) is 89.9 Å². The third-order valence-corrected chi connectivity index (χ3v) is 6.72. The maximum Gasteiger partial charge on any atom is 0.337 e. The number of aromatic amines is 1. The van der Waals surface area contributed by atoms with Crippen molar-refractivity contribution >= 4 is 39.9 Å². The number of carbonyl (C=O) groups excluding carboxylic acids is 2. The Labute approximate surface area is 237 Å². The first-order valence-electron chi connectivity index (χ1n) is 12.9. The summed E-state index contributed by atoms with van der Waals surface area (Å²) >= 11 is 0. The van der Waals surface area contributed by atoms with Gasteiger partial charge in [0.1, 0.15) is 12.5 Å². The fourth-order valence-corrected chi connectivity index (χ4v) is 4.49. The molecule has 3 aromatic carbocycles. The van der Waals surface area contributed by atoms with Gasteiger partial charge in [-0.1, -0.05) is 6.07 Å². The summed E-state index contributed by atoms with van der Waals surface area (Å²) in [5.74, 6) is 0.460. The molecule has 0 aliphatic carbocycles. The molecule has 10 nitrogen and oxygen atoms in total. The van der Waals surface area contributed by atoms with Gasteiger partial charge in [-0.3, -0.25) is 4.79 Å². The number of aliphatic imine (C=N–C) groups is 1. The van der Waals surface area contributed by atoms with Gasteiger partial charge in [-0.25, -0.2) is 9.79 Å². The van der Waals surface area contributed by atoms with Gasteiger partial charge in [0.15, 0.2) is 17.4 Å². The number of hydrogen-bond acceptors (Lipinski definition) is 8. The third-order valence-electron chi connectivity index (χ3n) is 6.72. The van der Waals surface area contributed by atoms with E-state index in [2.05, 4.69) is 4.98 Å². The summed E-state index contributed by atoms with van der Waals surface area (Å²) in [4.78, 5) is 36.2. The van der Waals surface area contributed by atoms with Crippen LogP contribution in [0.25, 0.3) is 10.9 Å². The molecule has 0 saturated carbocycles. The SMILES string of the molecule is COC(=O)c1ccc2c(C(=Nc3ccc(N(C)C(=O)CCN(C)C)cc3)c3ccc4c(c3)OC=CO4)c(O)[nH]c2c1. The lowest BCUT2D eigenvalue weighted by molar-refractivity contribution is -0.118. The lowest BCUT2D eigenvalue weighted by atomic mass is 9.99. The summed E-state index contributed by atoms with van der Waals surface area (Å²) in [5.41, 5.74) is 3.81. The second-order valence-electron chi connectivity index (χ2n) is 9.75. The number of nitrogens with one attached hydrogen (secondary N) is 1. The number of carbonyl (C=O) groups is 2. The van der Waals surface area contributed by atoms with E-state index in [0.717, 1.165) is 5.69 Å². The third kappa shape index (κ3) is 5.78. The van der Waals surface area contributed by atoms with Crippen molar-refractivity contribution < 1.29 is 28.9 Å². The molecule has 1 aromatic heterocycles. The first kappa shape index (κ1) is 27.5. The Hall–Kier alpha value is -5.09. The first-order chi connectivity index (χ1) is 19.7. The quantitative estimate of drug-likeness (QED) is 0.233. The maximum atomic E-state index is 12.6. The van der Waals surface area contributed by atoms with E-state index in [9.17, 15) is 14.7 Å². The number of rotatable bonds is 8. The number of methoxy groups -OCH3 is 1. The van der Waals surface area contributed by atoms with Gasteiger partial charge in [-0.2, -0.15) is 0 Å². The number of benzene rings is 3. The molecule has 1 aliphatic heterocycles. The predicted octanol–water partition coefficient (Wildman–Crippen LogP) is 4.99. The Balaban J connectivity index is 1.57. The first-order valence-corrected chi connectivity index (χ1v) is 12.9. The van der Waals surface area contributed by atoms with Gasteiger partial charge in [-0.05, 0) is 68.7 Å². The normalized spacial score (nSPS) is 12.6. The van der Waals surface area contributed by atoms with Crippen molar-refractivity contribution in [3.8, 4) is 17.4 Å². The Bertz CT molecular complexity index is 1670. The molecule has 41 heavy (non-hydrogen) atoms. The summed E-state index contributed by atoms with van der Waals surface area (Å²) in [6, 6.07) is 17.6. The van der Waals surface area contributed by atoms with Crippen LogP contribution >= 0.6 is 0 Å². The van der Waals surface area contributed by atoms with E-state index >= 15 is 0 Å². The van der Waals surface area contributed by atoms with Crippen LogP contribution < -0.4 is 14.4 Å². The van der Waals surface area contributed by atoms with Crippen molar-refractivity contribution in [2.75, 3.05) is 39.7 Å². The minimum atomic E-state index is -0.485. The fourth-order valence-electron chi connectivity index (χ4n) is 4.49. The number of amides is 1. The molecule has 0 saturated heterocycles. The second-order valence-corrected chi connectivity index (χ2v) is 9.75. The van der Waals surface area contributed by atoms with Crippen LogP contribution in [0.4, 0.5) is 11.4 Å². The lowest BCUT2D eigenvalue weighted by Crippen LogP contribution is -2.29. The molecule has 4 aromatic rings.